The second kappa shape index (κ2) is 15.0. The first-order valence-corrected chi connectivity index (χ1v) is 6.97. The van der Waals surface area contributed by atoms with Crippen LogP contribution in [-0.4, -0.2) is 0 Å². The maximum absolute atomic E-state index is 3.66. The van der Waals surface area contributed by atoms with E-state index in [-0.39, 0.29) is 0 Å². The molecule has 96 valence electrons. The van der Waals surface area contributed by atoms with Crippen LogP contribution < -0.4 is 0 Å². The van der Waals surface area contributed by atoms with E-state index in [9.17, 15) is 0 Å². The summed E-state index contributed by atoms with van der Waals surface area (Å²) in [4.78, 5) is 0. The molecule has 0 aliphatic rings. The highest BCUT2D eigenvalue weighted by Gasteiger charge is 1.90. The first kappa shape index (κ1) is 16.0. The van der Waals surface area contributed by atoms with Crippen LogP contribution in [0.2, 0.25) is 0 Å². The molecule has 0 bridgehead atoms. The highest BCUT2D eigenvalue weighted by Crippen LogP contribution is 2.10. The molecule has 0 rings (SSSR count). The van der Waals surface area contributed by atoms with Crippen LogP contribution >= 0.6 is 0 Å². The number of hydrogen-bond donors (Lipinski definition) is 0. The maximum atomic E-state index is 3.66. The van der Waals surface area contributed by atoms with Crippen molar-refractivity contribution < 1.29 is 0 Å². The van der Waals surface area contributed by atoms with Crippen molar-refractivity contribution in [3.05, 3.63) is 49.6 Å². The molecule has 0 radical (unpaired) electrons. The molecular weight excluding hydrogens is 204 g/mol. The van der Waals surface area contributed by atoms with E-state index in [0.29, 0.717) is 0 Å². The number of unbranched alkanes of at least 4 members (excludes halogenated alkanes) is 8. The Bertz CT molecular complexity index is 196. The molecule has 0 heterocycles. The predicted molar refractivity (Wildman–Crippen MR) is 80.2 cm³/mol. The topological polar surface area (TPSA) is 0 Å². The van der Waals surface area contributed by atoms with E-state index in [0.717, 1.165) is 0 Å². The SMILES string of the molecule is C=CC=CCCCCCCCCCC=CC=C. The zero-order valence-corrected chi connectivity index (χ0v) is 11.2. The third kappa shape index (κ3) is 15.0. The lowest BCUT2D eigenvalue weighted by Crippen LogP contribution is -1.80. The number of hydrogen-bond acceptors (Lipinski definition) is 0. The van der Waals surface area contributed by atoms with E-state index in [4.69, 9.17) is 0 Å². The molecule has 0 nitrogen and oxygen atoms in total. The van der Waals surface area contributed by atoms with Gasteiger partial charge in [-0.2, -0.15) is 0 Å². The Morgan fingerprint density at radius 1 is 0.529 bits per heavy atom. The van der Waals surface area contributed by atoms with Gasteiger partial charge in [0, 0.05) is 0 Å². The predicted octanol–water partition coefficient (Wildman–Crippen LogP) is 5.98. The van der Waals surface area contributed by atoms with Crippen LogP contribution in [0.1, 0.15) is 57.8 Å². The normalized spacial score (nSPS) is 11.3. The molecule has 0 saturated heterocycles. The molecule has 0 aromatic rings. The van der Waals surface area contributed by atoms with E-state index < -0.39 is 0 Å². The summed E-state index contributed by atoms with van der Waals surface area (Å²) >= 11 is 0. The molecule has 0 aliphatic heterocycles. The van der Waals surface area contributed by atoms with E-state index in [1.54, 1.807) is 0 Å². The van der Waals surface area contributed by atoms with Crippen LogP contribution in [0.3, 0.4) is 0 Å². The largest absolute Gasteiger partial charge is 0.0991 e. The minimum absolute atomic E-state index is 1.21. The van der Waals surface area contributed by atoms with Gasteiger partial charge < -0.3 is 0 Å². The molecule has 0 fully saturated rings. The van der Waals surface area contributed by atoms with Gasteiger partial charge in [-0.3, -0.25) is 0 Å². The Hall–Kier alpha value is -1.04. The Morgan fingerprint density at radius 3 is 1.24 bits per heavy atom. The third-order valence-corrected chi connectivity index (χ3v) is 2.79. The van der Waals surface area contributed by atoms with Crippen molar-refractivity contribution in [1.29, 1.82) is 0 Å². The van der Waals surface area contributed by atoms with Gasteiger partial charge >= 0.3 is 0 Å². The molecule has 0 N–H and O–H groups in total. The molecule has 0 amide bonds. The van der Waals surface area contributed by atoms with Crippen LogP contribution in [0.5, 0.6) is 0 Å². The average Bonchev–Trinajstić information content (AvgIpc) is 2.35. The molecule has 0 aromatic heterocycles. The van der Waals surface area contributed by atoms with E-state index in [2.05, 4.69) is 25.3 Å². The summed E-state index contributed by atoms with van der Waals surface area (Å²) in [5, 5.41) is 0. The van der Waals surface area contributed by atoms with Gasteiger partial charge in [0.25, 0.3) is 0 Å². The van der Waals surface area contributed by atoms with Crippen molar-refractivity contribution in [2.24, 2.45) is 0 Å². The molecule has 0 heteroatoms. The van der Waals surface area contributed by atoms with E-state index in [1.807, 2.05) is 24.3 Å². The lowest BCUT2D eigenvalue weighted by molar-refractivity contribution is 0.583. The van der Waals surface area contributed by atoms with Crippen molar-refractivity contribution in [3.63, 3.8) is 0 Å². The third-order valence-electron chi connectivity index (χ3n) is 2.79. The van der Waals surface area contributed by atoms with Crippen LogP contribution in [0.25, 0.3) is 0 Å². The van der Waals surface area contributed by atoms with Gasteiger partial charge in [0.15, 0.2) is 0 Å². The standard InChI is InChI=1S/C17H28/c1-3-5-7-9-11-13-15-17-16-14-12-10-8-6-4-2/h3-8H,1-2,9-17H2. The maximum Gasteiger partial charge on any atom is -0.0348 e. The first-order valence-electron chi connectivity index (χ1n) is 6.97. The van der Waals surface area contributed by atoms with Gasteiger partial charge in [-0.15, -0.1) is 0 Å². The summed E-state index contributed by atoms with van der Waals surface area (Å²) in [5.74, 6) is 0. The molecule has 17 heavy (non-hydrogen) atoms. The summed E-state index contributed by atoms with van der Waals surface area (Å²) in [7, 11) is 0. The van der Waals surface area contributed by atoms with Gasteiger partial charge in [-0.05, 0) is 25.7 Å². The number of allylic oxidation sites excluding steroid dienone is 6. The Labute approximate surface area is 108 Å². The van der Waals surface area contributed by atoms with Crippen molar-refractivity contribution in [2.75, 3.05) is 0 Å². The summed E-state index contributed by atoms with van der Waals surface area (Å²) in [6.07, 6.45) is 24.2. The van der Waals surface area contributed by atoms with Crippen LogP contribution in [0.4, 0.5) is 0 Å². The fourth-order valence-electron chi connectivity index (χ4n) is 1.79. The quantitative estimate of drug-likeness (QED) is 0.287. The van der Waals surface area contributed by atoms with Crippen molar-refractivity contribution in [1.82, 2.24) is 0 Å². The lowest BCUT2D eigenvalue weighted by Gasteiger charge is -1.99. The lowest BCUT2D eigenvalue weighted by atomic mass is 10.1. The van der Waals surface area contributed by atoms with Gasteiger partial charge in [-0.1, -0.05) is 81.7 Å². The smallest absolute Gasteiger partial charge is 0.0348 e. The minimum Gasteiger partial charge on any atom is -0.0991 e. The fourth-order valence-corrected chi connectivity index (χ4v) is 1.79. The van der Waals surface area contributed by atoms with Gasteiger partial charge in [-0.25, -0.2) is 0 Å². The summed E-state index contributed by atoms with van der Waals surface area (Å²) in [5.41, 5.74) is 0. The zero-order valence-electron chi connectivity index (χ0n) is 11.2. The Morgan fingerprint density at radius 2 is 0.882 bits per heavy atom. The highest BCUT2D eigenvalue weighted by molar-refractivity contribution is 4.97. The molecule has 0 aromatic carbocycles. The van der Waals surface area contributed by atoms with E-state index >= 15 is 0 Å². The van der Waals surface area contributed by atoms with Crippen molar-refractivity contribution >= 4 is 0 Å². The van der Waals surface area contributed by atoms with Crippen molar-refractivity contribution in [2.45, 2.75) is 57.8 Å². The fraction of sp³-hybridized carbons (Fsp3) is 0.529. The van der Waals surface area contributed by atoms with Crippen LogP contribution in [0.15, 0.2) is 49.6 Å². The molecule has 0 saturated carbocycles. The Balaban J connectivity index is 3.03. The molecular formula is C17H28. The highest BCUT2D eigenvalue weighted by atomic mass is 14.0. The van der Waals surface area contributed by atoms with Gasteiger partial charge in [0.05, 0.1) is 0 Å². The van der Waals surface area contributed by atoms with Crippen LogP contribution in [0, 0.1) is 0 Å². The monoisotopic (exact) mass is 232 g/mol. The van der Waals surface area contributed by atoms with Crippen molar-refractivity contribution in [3.8, 4) is 0 Å². The second-order valence-corrected chi connectivity index (χ2v) is 4.38. The molecule has 0 atom stereocenters. The molecule has 0 aliphatic carbocycles. The summed E-state index contributed by atoms with van der Waals surface area (Å²) < 4.78 is 0. The van der Waals surface area contributed by atoms with Gasteiger partial charge in [0.2, 0.25) is 0 Å². The summed E-state index contributed by atoms with van der Waals surface area (Å²) in [6.45, 7) is 7.32. The van der Waals surface area contributed by atoms with Gasteiger partial charge in [0.1, 0.15) is 0 Å². The summed E-state index contributed by atoms with van der Waals surface area (Å²) in [6, 6.07) is 0. The zero-order chi connectivity index (χ0) is 12.6. The number of rotatable bonds is 12. The van der Waals surface area contributed by atoms with Crippen LogP contribution in [-0.2, 0) is 0 Å². The van der Waals surface area contributed by atoms with E-state index in [1.165, 1.54) is 57.8 Å². The molecule has 0 spiro atoms. The average molecular weight is 232 g/mol. The molecule has 0 unspecified atom stereocenters. The second-order valence-electron chi connectivity index (χ2n) is 4.38. The first-order chi connectivity index (χ1) is 8.41. The minimum atomic E-state index is 1.21. The Kier molecular flexibility index (Phi) is 14.0.